The molecule has 0 aliphatic carbocycles. The third kappa shape index (κ3) is 4.49. The van der Waals surface area contributed by atoms with E-state index in [0.717, 1.165) is 10.9 Å². The molecule has 0 aliphatic heterocycles. The smallest absolute Gasteiger partial charge is 0.344 e. The van der Waals surface area contributed by atoms with Crippen molar-refractivity contribution in [1.29, 1.82) is 0 Å². The molecule has 1 aromatic heterocycles. The van der Waals surface area contributed by atoms with Crippen molar-refractivity contribution in [2.24, 2.45) is 0 Å². The predicted octanol–water partition coefficient (Wildman–Crippen LogP) is 3.45. The van der Waals surface area contributed by atoms with E-state index in [1.165, 1.54) is 0 Å². The number of ether oxygens (including phenoxy) is 2. The van der Waals surface area contributed by atoms with Crippen molar-refractivity contribution in [3.05, 3.63) is 65.8 Å². The number of pyridine rings is 1. The molecule has 0 unspecified atom stereocenters. The highest BCUT2D eigenvalue weighted by Crippen LogP contribution is 2.23. The van der Waals surface area contributed by atoms with Crippen LogP contribution in [0.15, 0.2) is 60.8 Å². The maximum atomic E-state index is 12.0. The number of amides is 1. The molecule has 3 aromatic rings. The zero-order chi connectivity index (χ0) is 18.4. The summed E-state index contributed by atoms with van der Waals surface area (Å²) in [4.78, 5) is 28.0. The zero-order valence-corrected chi connectivity index (χ0v) is 14.4. The molecule has 7 heteroatoms. The second-order valence-corrected chi connectivity index (χ2v) is 5.71. The third-order valence-corrected chi connectivity index (χ3v) is 3.78. The Labute approximate surface area is 154 Å². The largest absolute Gasteiger partial charge is 0.480 e. The van der Waals surface area contributed by atoms with E-state index in [9.17, 15) is 9.59 Å². The van der Waals surface area contributed by atoms with Crippen LogP contribution in [0, 0.1) is 0 Å². The van der Waals surface area contributed by atoms with E-state index < -0.39 is 18.5 Å². The standard InChI is InChI=1S/C19H15ClN2O4/c20-14-6-1-2-9-17(14)25-12-19(24)26-11-18(23)22-16-8-3-7-15-13(16)5-4-10-21-15/h1-10H,11-12H2,(H,22,23). The fraction of sp³-hybridized carbons (Fsp3) is 0.105. The third-order valence-electron chi connectivity index (χ3n) is 3.47. The topological polar surface area (TPSA) is 77.5 Å². The summed E-state index contributed by atoms with van der Waals surface area (Å²) in [5.41, 5.74) is 1.36. The Morgan fingerprint density at radius 3 is 2.69 bits per heavy atom. The summed E-state index contributed by atoms with van der Waals surface area (Å²) in [6.07, 6.45) is 1.68. The summed E-state index contributed by atoms with van der Waals surface area (Å²) < 4.78 is 10.2. The van der Waals surface area contributed by atoms with Gasteiger partial charge in [-0.25, -0.2) is 4.79 Å². The van der Waals surface area contributed by atoms with Gasteiger partial charge in [0.15, 0.2) is 13.2 Å². The van der Waals surface area contributed by atoms with Gasteiger partial charge in [0.1, 0.15) is 5.75 Å². The summed E-state index contributed by atoms with van der Waals surface area (Å²) in [6.45, 7) is -0.753. The second-order valence-electron chi connectivity index (χ2n) is 5.30. The number of nitrogens with zero attached hydrogens (tertiary/aromatic N) is 1. The van der Waals surface area contributed by atoms with Crippen LogP contribution in [0.3, 0.4) is 0 Å². The van der Waals surface area contributed by atoms with Gasteiger partial charge in [-0.2, -0.15) is 0 Å². The van der Waals surface area contributed by atoms with E-state index in [-0.39, 0.29) is 6.61 Å². The van der Waals surface area contributed by atoms with Gasteiger partial charge >= 0.3 is 5.97 Å². The Hall–Kier alpha value is -3.12. The minimum Gasteiger partial charge on any atom is -0.480 e. The van der Waals surface area contributed by atoms with E-state index in [4.69, 9.17) is 21.1 Å². The molecule has 1 N–H and O–H groups in total. The summed E-state index contributed by atoms with van der Waals surface area (Å²) in [7, 11) is 0. The Morgan fingerprint density at radius 1 is 1.00 bits per heavy atom. The van der Waals surface area contributed by atoms with Crippen LogP contribution in [-0.2, 0) is 14.3 Å². The number of carbonyl (C=O) groups excluding carboxylic acids is 2. The van der Waals surface area contributed by atoms with Crippen LogP contribution in [0.5, 0.6) is 5.75 Å². The van der Waals surface area contributed by atoms with Crippen molar-refractivity contribution in [3.63, 3.8) is 0 Å². The van der Waals surface area contributed by atoms with Crippen LogP contribution in [0.1, 0.15) is 0 Å². The average molecular weight is 371 g/mol. The molecule has 6 nitrogen and oxygen atoms in total. The molecular weight excluding hydrogens is 356 g/mol. The van der Waals surface area contributed by atoms with Crippen molar-refractivity contribution in [1.82, 2.24) is 4.98 Å². The minimum atomic E-state index is -0.667. The van der Waals surface area contributed by atoms with Crippen molar-refractivity contribution in [2.75, 3.05) is 18.5 Å². The highest BCUT2D eigenvalue weighted by Gasteiger charge is 2.11. The van der Waals surface area contributed by atoms with Gasteiger partial charge in [0, 0.05) is 11.6 Å². The number of halogens is 1. The molecule has 0 spiro atoms. The van der Waals surface area contributed by atoms with Gasteiger partial charge in [-0.15, -0.1) is 0 Å². The summed E-state index contributed by atoms with van der Waals surface area (Å²) >= 11 is 5.93. The minimum absolute atomic E-state index is 0.338. The van der Waals surface area contributed by atoms with Gasteiger partial charge < -0.3 is 14.8 Å². The number of rotatable bonds is 6. The molecule has 1 amide bonds. The van der Waals surface area contributed by atoms with Crippen molar-refractivity contribution in [2.45, 2.75) is 0 Å². The molecule has 0 aliphatic rings. The van der Waals surface area contributed by atoms with E-state index >= 15 is 0 Å². The lowest BCUT2D eigenvalue weighted by Crippen LogP contribution is -2.23. The highest BCUT2D eigenvalue weighted by atomic mass is 35.5. The molecule has 0 atom stereocenters. The van der Waals surface area contributed by atoms with E-state index in [2.05, 4.69) is 10.3 Å². The van der Waals surface area contributed by atoms with Gasteiger partial charge in [0.05, 0.1) is 16.2 Å². The second kappa shape index (κ2) is 8.31. The Morgan fingerprint density at radius 2 is 1.85 bits per heavy atom. The van der Waals surface area contributed by atoms with E-state index in [1.54, 1.807) is 48.7 Å². The summed E-state index contributed by atoms with van der Waals surface area (Å²) in [5.74, 6) is -0.745. The number of esters is 1. The number of aromatic nitrogens is 1. The summed E-state index contributed by atoms with van der Waals surface area (Å²) in [6, 6.07) is 15.8. The van der Waals surface area contributed by atoms with Gasteiger partial charge in [-0.3, -0.25) is 9.78 Å². The van der Waals surface area contributed by atoms with Crippen molar-refractivity contribution < 1.29 is 19.1 Å². The SMILES string of the molecule is O=C(COC(=O)COc1ccccc1Cl)Nc1cccc2ncccc12. The first-order valence-corrected chi connectivity index (χ1v) is 8.18. The quantitative estimate of drug-likeness (QED) is 0.672. The molecule has 2 aromatic carbocycles. The fourth-order valence-corrected chi connectivity index (χ4v) is 2.48. The van der Waals surface area contributed by atoms with Crippen LogP contribution >= 0.6 is 11.6 Å². The number of carbonyl (C=O) groups is 2. The van der Waals surface area contributed by atoms with Gasteiger partial charge in [0.2, 0.25) is 0 Å². The lowest BCUT2D eigenvalue weighted by Gasteiger charge is -2.10. The molecule has 26 heavy (non-hydrogen) atoms. The molecule has 0 saturated carbocycles. The molecule has 3 rings (SSSR count). The van der Waals surface area contributed by atoms with Crippen LogP contribution in [0.4, 0.5) is 5.69 Å². The van der Waals surface area contributed by atoms with E-state index in [1.807, 2.05) is 12.1 Å². The first-order chi connectivity index (χ1) is 12.6. The lowest BCUT2D eigenvalue weighted by molar-refractivity contribution is -0.149. The molecule has 132 valence electrons. The number of hydrogen-bond donors (Lipinski definition) is 1. The van der Waals surface area contributed by atoms with Crippen LogP contribution in [-0.4, -0.2) is 30.1 Å². The fourth-order valence-electron chi connectivity index (χ4n) is 2.28. The van der Waals surface area contributed by atoms with Gasteiger partial charge in [-0.1, -0.05) is 29.8 Å². The van der Waals surface area contributed by atoms with Crippen LogP contribution < -0.4 is 10.1 Å². The number of benzene rings is 2. The van der Waals surface area contributed by atoms with Gasteiger partial charge in [-0.05, 0) is 36.4 Å². The van der Waals surface area contributed by atoms with Crippen LogP contribution in [0.2, 0.25) is 5.02 Å². The van der Waals surface area contributed by atoms with Crippen molar-refractivity contribution >= 4 is 40.1 Å². The predicted molar refractivity (Wildman–Crippen MR) is 98.3 cm³/mol. The van der Waals surface area contributed by atoms with E-state index in [0.29, 0.717) is 16.5 Å². The summed E-state index contributed by atoms with van der Waals surface area (Å²) in [5, 5.41) is 3.90. The lowest BCUT2D eigenvalue weighted by atomic mass is 10.2. The number of fused-ring (bicyclic) bond motifs is 1. The molecule has 1 heterocycles. The van der Waals surface area contributed by atoms with Crippen molar-refractivity contribution in [3.8, 4) is 5.75 Å². The van der Waals surface area contributed by atoms with Crippen LogP contribution in [0.25, 0.3) is 10.9 Å². The molecular formula is C19H15ClN2O4. The monoisotopic (exact) mass is 370 g/mol. The number of nitrogens with one attached hydrogen (secondary N) is 1. The Kier molecular flexibility index (Phi) is 5.66. The normalized spacial score (nSPS) is 10.3. The highest BCUT2D eigenvalue weighted by molar-refractivity contribution is 6.32. The molecule has 0 saturated heterocycles. The number of hydrogen-bond acceptors (Lipinski definition) is 5. The first-order valence-electron chi connectivity index (χ1n) is 7.80. The van der Waals surface area contributed by atoms with Gasteiger partial charge in [0.25, 0.3) is 5.91 Å². The molecule has 0 radical (unpaired) electrons. The number of para-hydroxylation sites is 1. The zero-order valence-electron chi connectivity index (χ0n) is 13.6. The Balaban J connectivity index is 1.50. The first kappa shape index (κ1) is 17.7. The Bertz CT molecular complexity index is 940. The average Bonchev–Trinajstić information content (AvgIpc) is 2.66. The molecule has 0 fully saturated rings. The molecule has 0 bridgehead atoms. The number of anilines is 1. The maximum Gasteiger partial charge on any atom is 0.344 e. The maximum absolute atomic E-state index is 12.0.